The van der Waals surface area contributed by atoms with Crippen LogP contribution in [0.2, 0.25) is 13.1 Å². The standard InChI is InChI=1S/C21H23.C19H19.C2H6Si.2ClH.Zr/c1-14-12-19-15(2)6-11-18(20(19)13-14)16-7-9-17(10-8-16)21(3,4)5;1-13(2)16-11-15-8-6-10-18(19(15)12-16)17-9-5-4-7-14(17)3;1-3-2;;;/h6-13H,1-5H3;4-13H,1-3H3;1-2H3;2*1H;/q2*-1;;;;+4/p-2. The zero-order chi connectivity index (χ0) is 34.0. The van der Waals surface area contributed by atoms with Crippen LogP contribution in [-0.2, 0) is 26.3 Å². The minimum absolute atomic E-state index is 0.206. The van der Waals surface area contributed by atoms with E-state index in [9.17, 15) is 0 Å². The van der Waals surface area contributed by atoms with E-state index in [1.54, 1.807) is 0 Å². The molecule has 0 spiro atoms. The molecule has 0 heterocycles. The zero-order valence-corrected chi connectivity index (χ0v) is 34.1. The number of rotatable bonds is 3. The van der Waals surface area contributed by atoms with Gasteiger partial charge in [-0.05, 0) is 40.5 Å². The maximum atomic E-state index is 4.93. The van der Waals surface area contributed by atoms with Gasteiger partial charge in [0.1, 0.15) is 0 Å². The molecule has 0 N–H and O–H groups in total. The summed E-state index contributed by atoms with van der Waals surface area (Å²) in [7, 11) is 11.0. The molecule has 0 unspecified atom stereocenters. The molecule has 238 valence electrons. The van der Waals surface area contributed by atoms with Crippen molar-refractivity contribution in [1.82, 2.24) is 0 Å². The molecular formula is C42H48Cl2SiZr. The van der Waals surface area contributed by atoms with Crippen molar-refractivity contribution in [2.24, 2.45) is 0 Å². The molecule has 0 atom stereocenters. The molecule has 0 aliphatic carbocycles. The number of halogens is 2. The van der Waals surface area contributed by atoms with Gasteiger partial charge >= 0.3 is 37.9 Å². The van der Waals surface area contributed by atoms with E-state index in [2.05, 4.69) is 172 Å². The Kier molecular flexibility index (Phi) is 14.8. The molecule has 4 heteroatoms. The van der Waals surface area contributed by atoms with Gasteiger partial charge in [0.25, 0.3) is 0 Å². The van der Waals surface area contributed by atoms with E-state index >= 15 is 0 Å². The minimum atomic E-state index is -0.826. The summed E-state index contributed by atoms with van der Waals surface area (Å²) in [4.78, 5) is 0. The Labute approximate surface area is 299 Å². The molecule has 46 heavy (non-hydrogen) atoms. The molecule has 0 saturated heterocycles. The van der Waals surface area contributed by atoms with Crippen molar-refractivity contribution in [3.8, 4) is 22.3 Å². The van der Waals surface area contributed by atoms with E-state index in [1.807, 2.05) is 0 Å². The van der Waals surface area contributed by atoms with Gasteiger partial charge in [-0.15, -0.1) is 68.6 Å². The van der Waals surface area contributed by atoms with Crippen molar-refractivity contribution in [3.05, 3.63) is 131 Å². The van der Waals surface area contributed by atoms with E-state index in [1.165, 1.54) is 71.6 Å². The van der Waals surface area contributed by atoms with Crippen LogP contribution in [0.1, 0.15) is 68.4 Å². The summed E-state index contributed by atoms with van der Waals surface area (Å²) in [5.41, 5.74) is 12.4. The Morgan fingerprint density at radius 1 is 0.674 bits per heavy atom. The molecule has 2 radical (unpaired) electrons. The second-order valence-corrected chi connectivity index (χ2v) is 18.0. The molecule has 0 fully saturated rings. The number of hydrogen-bond donors (Lipinski definition) is 0. The first-order valence-electron chi connectivity index (χ1n) is 15.9. The van der Waals surface area contributed by atoms with Crippen LogP contribution in [0.5, 0.6) is 0 Å². The van der Waals surface area contributed by atoms with Gasteiger partial charge in [0.15, 0.2) is 0 Å². The zero-order valence-electron chi connectivity index (χ0n) is 29.1. The number of benzene rings is 4. The van der Waals surface area contributed by atoms with Crippen LogP contribution >= 0.6 is 17.0 Å². The third-order valence-corrected chi connectivity index (χ3v) is 8.19. The van der Waals surface area contributed by atoms with Gasteiger partial charge in [-0.3, -0.25) is 0 Å². The Morgan fingerprint density at radius 3 is 1.87 bits per heavy atom. The summed E-state index contributed by atoms with van der Waals surface area (Å²) in [5.74, 6) is 0.581. The van der Waals surface area contributed by atoms with Gasteiger partial charge in [-0.2, -0.15) is 12.1 Å². The molecule has 0 aliphatic heterocycles. The van der Waals surface area contributed by atoms with Crippen LogP contribution < -0.4 is 0 Å². The first-order valence-corrected chi connectivity index (χ1v) is 24.3. The Bertz CT molecular complexity index is 1820. The first kappa shape index (κ1) is 38.2. The quantitative estimate of drug-likeness (QED) is 0.125. The molecule has 6 aromatic carbocycles. The van der Waals surface area contributed by atoms with Gasteiger partial charge in [0.05, 0.1) is 0 Å². The van der Waals surface area contributed by atoms with Gasteiger partial charge in [0.2, 0.25) is 0 Å². The number of fused-ring (bicyclic) bond motifs is 2. The summed E-state index contributed by atoms with van der Waals surface area (Å²) in [6, 6.07) is 38.0. The number of hydrogen-bond acceptors (Lipinski definition) is 0. The van der Waals surface area contributed by atoms with Crippen LogP contribution in [0.3, 0.4) is 0 Å². The fraction of sp³-hybridized carbons (Fsp3) is 0.286. The van der Waals surface area contributed by atoms with Crippen molar-refractivity contribution in [1.29, 1.82) is 0 Å². The SMILES string of the molecule is C[Si]C.Cc1cc2c(-c3ccc(C(C)(C)C)cc3)ccc(C)c2[cH-]1.Cc1ccccc1-c1cccc2[cH-]c(C(C)C)cc12.[Cl][Zr+2][Cl]. The van der Waals surface area contributed by atoms with Crippen molar-refractivity contribution in [2.75, 3.05) is 0 Å². The van der Waals surface area contributed by atoms with Gasteiger partial charge in [-0.25, -0.2) is 0 Å². The van der Waals surface area contributed by atoms with Crippen molar-refractivity contribution >= 4 is 48.1 Å². The Hall–Kier alpha value is -2.22. The summed E-state index contributed by atoms with van der Waals surface area (Å²) in [6.07, 6.45) is 0. The Balaban J connectivity index is 0.000000215. The molecular weight excluding hydrogens is 695 g/mol. The second kappa shape index (κ2) is 17.8. The summed E-state index contributed by atoms with van der Waals surface area (Å²) in [6.45, 7) is 22.1. The molecule has 0 saturated carbocycles. The van der Waals surface area contributed by atoms with E-state index in [0.717, 1.165) is 9.52 Å². The van der Waals surface area contributed by atoms with E-state index in [0.29, 0.717) is 5.92 Å². The predicted molar refractivity (Wildman–Crippen MR) is 206 cm³/mol. The van der Waals surface area contributed by atoms with E-state index in [-0.39, 0.29) is 5.41 Å². The maximum absolute atomic E-state index is 4.93. The van der Waals surface area contributed by atoms with Crippen LogP contribution in [0.15, 0.2) is 103 Å². The molecule has 0 nitrogen and oxygen atoms in total. The summed E-state index contributed by atoms with van der Waals surface area (Å²) < 4.78 is 0. The van der Waals surface area contributed by atoms with Gasteiger partial charge in [0, 0.05) is 9.52 Å². The van der Waals surface area contributed by atoms with Crippen molar-refractivity contribution in [3.63, 3.8) is 0 Å². The van der Waals surface area contributed by atoms with Crippen LogP contribution in [-0.4, -0.2) is 9.52 Å². The third-order valence-electron chi connectivity index (χ3n) is 8.19. The van der Waals surface area contributed by atoms with Gasteiger partial charge < -0.3 is 0 Å². The van der Waals surface area contributed by atoms with E-state index in [4.69, 9.17) is 17.0 Å². The fourth-order valence-electron chi connectivity index (χ4n) is 5.69. The third kappa shape index (κ3) is 9.90. The van der Waals surface area contributed by atoms with Crippen molar-refractivity contribution < 1.29 is 20.8 Å². The number of aryl methyl sites for hydroxylation is 3. The topological polar surface area (TPSA) is 0 Å². The first-order chi connectivity index (χ1) is 21.9. The van der Waals surface area contributed by atoms with Crippen molar-refractivity contribution in [2.45, 2.75) is 79.8 Å². The molecule has 0 aromatic heterocycles. The van der Waals surface area contributed by atoms with Gasteiger partial charge in [-0.1, -0.05) is 133 Å². The second-order valence-electron chi connectivity index (χ2n) is 13.3. The average molecular weight is 743 g/mol. The molecule has 6 rings (SSSR count). The van der Waals surface area contributed by atoms with Crippen LogP contribution in [0, 0.1) is 20.8 Å². The summed E-state index contributed by atoms with van der Waals surface area (Å²) >= 11 is -0.826. The Morgan fingerprint density at radius 2 is 1.28 bits per heavy atom. The monoisotopic (exact) mass is 740 g/mol. The summed E-state index contributed by atoms with van der Waals surface area (Å²) in [5, 5.41) is 5.48. The molecule has 0 amide bonds. The molecule has 0 bridgehead atoms. The van der Waals surface area contributed by atoms with Crippen LogP contribution in [0.25, 0.3) is 43.8 Å². The molecule has 6 aromatic rings. The van der Waals surface area contributed by atoms with Crippen LogP contribution in [0.4, 0.5) is 0 Å². The normalized spacial score (nSPS) is 10.8. The molecule has 0 aliphatic rings. The van der Waals surface area contributed by atoms with E-state index < -0.39 is 20.8 Å². The predicted octanol–water partition coefficient (Wildman–Crippen LogP) is 14.0. The fourth-order valence-corrected chi connectivity index (χ4v) is 5.69. The average Bonchev–Trinajstić information content (AvgIpc) is 3.63.